The van der Waals surface area contributed by atoms with Crippen molar-refractivity contribution in [2.45, 2.75) is 52.4 Å². The quantitative estimate of drug-likeness (QED) is 0.552. The summed E-state index contributed by atoms with van der Waals surface area (Å²) >= 11 is 0. The monoisotopic (exact) mass is 155 g/mol. The molecule has 0 unspecified atom stereocenters. The van der Waals surface area contributed by atoms with Crippen LogP contribution in [0.1, 0.15) is 52.4 Å². The average Bonchev–Trinajstić information content (AvgIpc) is 2.01. The highest BCUT2D eigenvalue weighted by Gasteiger charge is 2.05. The highest BCUT2D eigenvalue weighted by Crippen LogP contribution is 2.18. The van der Waals surface area contributed by atoms with Crippen molar-refractivity contribution >= 4 is 6.29 Å². The molecule has 0 fully saturated rings. The van der Waals surface area contributed by atoms with Crippen molar-refractivity contribution in [3.05, 3.63) is 0 Å². The van der Waals surface area contributed by atoms with Gasteiger partial charge in [-0.2, -0.15) is 0 Å². The maximum Gasteiger partial charge on any atom is 0.198 e. The molecule has 0 aromatic heterocycles. The first kappa shape index (κ1) is 10.7. The first-order chi connectivity index (χ1) is 5.35. The van der Waals surface area contributed by atoms with Gasteiger partial charge < -0.3 is 0 Å². The maximum absolute atomic E-state index is 9.99. The zero-order valence-electron chi connectivity index (χ0n) is 7.73. The van der Waals surface area contributed by atoms with E-state index in [0.29, 0.717) is 6.42 Å². The van der Waals surface area contributed by atoms with Gasteiger partial charge in [0.1, 0.15) is 0 Å². The van der Waals surface area contributed by atoms with Crippen molar-refractivity contribution in [3.8, 4) is 0 Å². The summed E-state index contributed by atoms with van der Waals surface area (Å²) in [4.78, 5) is 9.99. The molecule has 0 saturated heterocycles. The minimum absolute atomic E-state index is 0.630. The minimum Gasteiger partial charge on any atom is -0.291 e. The van der Waals surface area contributed by atoms with E-state index >= 15 is 0 Å². The van der Waals surface area contributed by atoms with E-state index in [9.17, 15) is 4.79 Å². The number of hydrogen-bond acceptors (Lipinski definition) is 1. The molecule has 11 heavy (non-hydrogen) atoms. The highest BCUT2D eigenvalue weighted by atomic mass is 16.1. The Labute approximate surface area is 70.2 Å². The molecule has 65 valence electrons. The van der Waals surface area contributed by atoms with Gasteiger partial charge in [-0.05, 0) is 12.3 Å². The summed E-state index contributed by atoms with van der Waals surface area (Å²) in [5.74, 6) is 0.770. The van der Waals surface area contributed by atoms with Crippen LogP contribution in [0.3, 0.4) is 0 Å². The summed E-state index contributed by atoms with van der Waals surface area (Å²) in [5.41, 5.74) is 0. The first-order valence-electron chi connectivity index (χ1n) is 4.70. The summed E-state index contributed by atoms with van der Waals surface area (Å²) in [6.45, 7) is 4.40. The third kappa shape index (κ3) is 6.08. The normalized spacial score (nSPS) is 10.5. The van der Waals surface area contributed by atoms with Gasteiger partial charge in [0, 0.05) is 6.42 Å². The van der Waals surface area contributed by atoms with Crippen molar-refractivity contribution in [1.82, 2.24) is 0 Å². The molecule has 0 N–H and O–H groups in total. The van der Waals surface area contributed by atoms with Crippen LogP contribution < -0.4 is 0 Å². The molecule has 0 amide bonds. The lowest BCUT2D eigenvalue weighted by atomic mass is 9.94. The third-order valence-electron chi connectivity index (χ3n) is 2.05. The van der Waals surface area contributed by atoms with Crippen LogP contribution in [0.15, 0.2) is 0 Å². The van der Waals surface area contributed by atoms with Crippen molar-refractivity contribution in [2.75, 3.05) is 0 Å². The van der Waals surface area contributed by atoms with E-state index in [2.05, 4.69) is 13.8 Å². The topological polar surface area (TPSA) is 17.1 Å². The number of hydrogen-bond donors (Lipinski definition) is 0. The molecular weight excluding hydrogens is 136 g/mol. The van der Waals surface area contributed by atoms with Crippen LogP contribution >= 0.6 is 0 Å². The van der Waals surface area contributed by atoms with Gasteiger partial charge in [0.15, 0.2) is 6.29 Å². The predicted molar refractivity (Wildman–Crippen MR) is 48.2 cm³/mol. The summed E-state index contributed by atoms with van der Waals surface area (Å²) in [5, 5.41) is 0. The van der Waals surface area contributed by atoms with Crippen LogP contribution in [-0.2, 0) is 4.79 Å². The van der Waals surface area contributed by atoms with Crippen LogP contribution in [0.25, 0.3) is 0 Å². The van der Waals surface area contributed by atoms with Gasteiger partial charge in [0.25, 0.3) is 0 Å². The molecule has 0 aromatic rings. The van der Waals surface area contributed by atoms with Gasteiger partial charge in [0.2, 0.25) is 0 Å². The highest BCUT2D eigenvalue weighted by molar-refractivity contribution is 5.50. The van der Waals surface area contributed by atoms with E-state index in [1.807, 2.05) is 6.29 Å². The van der Waals surface area contributed by atoms with Crippen molar-refractivity contribution in [1.29, 1.82) is 0 Å². The fourth-order valence-electron chi connectivity index (χ4n) is 1.51. The van der Waals surface area contributed by atoms with E-state index in [1.165, 1.54) is 25.7 Å². The van der Waals surface area contributed by atoms with Gasteiger partial charge in [-0.25, -0.2) is 0 Å². The molecule has 0 aromatic carbocycles. The van der Waals surface area contributed by atoms with Crippen molar-refractivity contribution in [2.24, 2.45) is 5.92 Å². The molecule has 0 heterocycles. The van der Waals surface area contributed by atoms with E-state index in [-0.39, 0.29) is 0 Å². The third-order valence-corrected chi connectivity index (χ3v) is 2.05. The maximum atomic E-state index is 9.99. The van der Waals surface area contributed by atoms with Gasteiger partial charge >= 0.3 is 0 Å². The predicted octanol–water partition coefficient (Wildman–Crippen LogP) is 3.09. The second-order valence-electron chi connectivity index (χ2n) is 3.13. The standard InChI is InChI=1S/C10H19O/c1-3-6-10(7-4-2)8-5-9-11/h10H,3-8H2,1-2H3. The second-order valence-corrected chi connectivity index (χ2v) is 3.13. The molecule has 1 heteroatoms. The number of carbonyl (C=O) groups excluding carboxylic acids is 1. The molecule has 1 radical (unpaired) electrons. The largest absolute Gasteiger partial charge is 0.291 e. The molecule has 0 aliphatic heterocycles. The Balaban J connectivity index is 3.41. The van der Waals surface area contributed by atoms with Gasteiger partial charge in [-0.1, -0.05) is 39.5 Å². The molecule has 0 rings (SSSR count). The molecule has 1 nitrogen and oxygen atoms in total. The molecule has 0 saturated carbocycles. The fraction of sp³-hybridized carbons (Fsp3) is 0.900. The summed E-state index contributed by atoms with van der Waals surface area (Å²) in [6, 6.07) is 0. The van der Waals surface area contributed by atoms with Gasteiger partial charge in [-0.3, -0.25) is 4.79 Å². The lowest BCUT2D eigenvalue weighted by Gasteiger charge is -2.12. The van der Waals surface area contributed by atoms with Gasteiger partial charge in [0.05, 0.1) is 0 Å². The molecule has 0 spiro atoms. The van der Waals surface area contributed by atoms with Crippen molar-refractivity contribution < 1.29 is 4.79 Å². The lowest BCUT2D eigenvalue weighted by molar-refractivity contribution is 0.413. The fourth-order valence-corrected chi connectivity index (χ4v) is 1.51. The van der Waals surface area contributed by atoms with Crippen LogP contribution in [0.5, 0.6) is 0 Å². The Morgan fingerprint density at radius 2 is 1.64 bits per heavy atom. The van der Waals surface area contributed by atoms with E-state index in [1.54, 1.807) is 0 Å². The summed E-state index contributed by atoms with van der Waals surface area (Å²) in [6.07, 6.45) is 8.67. The Morgan fingerprint density at radius 3 is 2.00 bits per heavy atom. The number of rotatable bonds is 7. The zero-order valence-corrected chi connectivity index (χ0v) is 7.73. The Morgan fingerprint density at radius 1 is 1.09 bits per heavy atom. The molecule has 0 aliphatic rings. The minimum atomic E-state index is 0.630. The van der Waals surface area contributed by atoms with Crippen molar-refractivity contribution in [3.63, 3.8) is 0 Å². The summed E-state index contributed by atoms with van der Waals surface area (Å²) < 4.78 is 0. The SMILES string of the molecule is CCCC(CCC)CC[C]=O. The van der Waals surface area contributed by atoms with Crippen LogP contribution in [-0.4, -0.2) is 6.29 Å². The Hall–Kier alpha value is -0.330. The molecule has 0 atom stereocenters. The van der Waals surface area contributed by atoms with Crippen LogP contribution in [0.4, 0.5) is 0 Å². The average molecular weight is 155 g/mol. The smallest absolute Gasteiger partial charge is 0.198 e. The molecular formula is C10H19O. The van der Waals surface area contributed by atoms with Crippen LogP contribution in [0.2, 0.25) is 0 Å². The zero-order chi connectivity index (χ0) is 8.53. The molecule has 0 aliphatic carbocycles. The molecule has 0 bridgehead atoms. The Kier molecular flexibility index (Phi) is 7.54. The Bertz CT molecular complexity index is 82.9. The van der Waals surface area contributed by atoms with Crippen LogP contribution in [0, 0.1) is 5.92 Å². The lowest BCUT2D eigenvalue weighted by Crippen LogP contribution is -1.99. The summed E-state index contributed by atoms with van der Waals surface area (Å²) in [7, 11) is 0. The first-order valence-corrected chi connectivity index (χ1v) is 4.70. The van der Waals surface area contributed by atoms with E-state index in [4.69, 9.17) is 0 Å². The van der Waals surface area contributed by atoms with Gasteiger partial charge in [-0.15, -0.1) is 0 Å². The second kappa shape index (κ2) is 7.77. The van der Waals surface area contributed by atoms with E-state index in [0.717, 1.165) is 12.3 Å². The van der Waals surface area contributed by atoms with E-state index < -0.39 is 0 Å².